The fraction of sp³-hybridized carbons (Fsp3) is 0.333. The predicted molar refractivity (Wildman–Crippen MR) is 89.0 cm³/mol. The Balaban J connectivity index is 2.21. The van der Waals surface area contributed by atoms with Crippen molar-refractivity contribution >= 4 is 28.8 Å². The number of aryl methyl sites for hydroxylation is 2. The minimum Gasteiger partial charge on any atom is -0.487 e. The van der Waals surface area contributed by atoms with Crippen molar-refractivity contribution in [3.63, 3.8) is 0 Å². The van der Waals surface area contributed by atoms with Gasteiger partial charge in [-0.05, 0) is 37.6 Å². The quantitative estimate of drug-likeness (QED) is 0.828. The van der Waals surface area contributed by atoms with Crippen LogP contribution in [0.5, 0.6) is 5.75 Å². The summed E-state index contributed by atoms with van der Waals surface area (Å²) in [5, 5.41) is 5.08. The molecule has 0 aliphatic carbocycles. The molecule has 1 aromatic heterocycles. The summed E-state index contributed by atoms with van der Waals surface area (Å²) in [5.41, 5.74) is 8.46. The zero-order valence-electron chi connectivity index (χ0n) is 12.1. The minimum absolute atomic E-state index is 0.292. The number of nitrogens with zero attached hydrogens (tertiary/aromatic N) is 2. The van der Waals surface area contributed by atoms with Crippen LogP contribution in [0.25, 0.3) is 0 Å². The maximum Gasteiger partial charge on any atom is 0.131 e. The van der Waals surface area contributed by atoms with Crippen LogP contribution in [0, 0.1) is 0 Å². The van der Waals surface area contributed by atoms with E-state index in [0.717, 1.165) is 24.4 Å². The Morgan fingerprint density at radius 2 is 2.14 bits per heavy atom. The van der Waals surface area contributed by atoms with Gasteiger partial charge in [0.15, 0.2) is 0 Å². The van der Waals surface area contributed by atoms with Gasteiger partial charge >= 0.3 is 0 Å². The zero-order chi connectivity index (χ0) is 15.4. The molecule has 2 aromatic rings. The van der Waals surface area contributed by atoms with Crippen LogP contribution in [0.2, 0.25) is 5.02 Å². The first-order valence-corrected chi connectivity index (χ1v) is 7.61. The van der Waals surface area contributed by atoms with Gasteiger partial charge in [-0.2, -0.15) is 5.10 Å². The molecule has 0 saturated heterocycles. The summed E-state index contributed by atoms with van der Waals surface area (Å²) in [6, 6.07) is 7.29. The predicted octanol–water partition coefficient (Wildman–Crippen LogP) is 3.33. The third-order valence-electron chi connectivity index (χ3n) is 3.16. The second-order valence-electron chi connectivity index (χ2n) is 4.59. The van der Waals surface area contributed by atoms with E-state index in [4.69, 9.17) is 34.3 Å². The molecule has 0 saturated carbocycles. The Kier molecular flexibility index (Phi) is 5.20. The number of aromatic nitrogens is 2. The molecule has 2 rings (SSSR count). The highest BCUT2D eigenvalue weighted by atomic mass is 35.5. The molecule has 1 heterocycles. The molecule has 6 heteroatoms. The lowest BCUT2D eigenvalue weighted by molar-refractivity contribution is 0.292. The van der Waals surface area contributed by atoms with Gasteiger partial charge < -0.3 is 10.5 Å². The third-order valence-corrected chi connectivity index (χ3v) is 3.62. The van der Waals surface area contributed by atoms with Gasteiger partial charge in [0.05, 0.1) is 17.0 Å². The molecule has 21 heavy (non-hydrogen) atoms. The fourth-order valence-corrected chi connectivity index (χ4v) is 2.38. The van der Waals surface area contributed by atoms with Crippen molar-refractivity contribution in [2.45, 2.75) is 33.4 Å². The van der Waals surface area contributed by atoms with Gasteiger partial charge in [-0.25, -0.2) is 0 Å². The van der Waals surface area contributed by atoms with Crippen molar-refractivity contribution in [2.24, 2.45) is 5.73 Å². The Labute approximate surface area is 134 Å². The van der Waals surface area contributed by atoms with Crippen molar-refractivity contribution in [3.05, 3.63) is 46.2 Å². The van der Waals surface area contributed by atoms with E-state index >= 15 is 0 Å². The number of halogens is 1. The SMILES string of the molecule is CCc1cc(COc2cc(Cl)ccc2C(N)=S)n(CC)n1. The van der Waals surface area contributed by atoms with Crippen molar-refractivity contribution in [1.29, 1.82) is 0 Å². The highest BCUT2D eigenvalue weighted by Crippen LogP contribution is 2.24. The molecule has 0 fully saturated rings. The van der Waals surface area contributed by atoms with Crippen LogP contribution in [-0.4, -0.2) is 14.8 Å². The highest BCUT2D eigenvalue weighted by molar-refractivity contribution is 7.80. The molecule has 112 valence electrons. The maximum atomic E-state index is 6.01. The van der Waals surface area contributed by atoms with E-state index in [9.17, 15) is 0 Å². The molecule has 0 atom stereocenters. The number of ether oxygens (including phenoxy) is 1. The number of hydrogen-bond acceptors (Lipinski definition) is 3. The first-order valence-electron chi connectivity index (χ1n) is 6.82. The van der Waals surface area contributed by atoms with Gasteiger partial charge in [-0.3, -0.25) is 4.68 Å². The molecule has 0 bridgehead atoms. The van der Waals surface area contributed by atoms with Crippen molar-refractivity contribution in [1.82, 2.24) is 9.78 Å². The van der Waals surface area contributed by atoms with Crippen molar-refractivity contribution in [2.75, 3.05) is 0 Å². The van der Waals surface area contributed by atoms with Crippen LogP contribution in [-0.2, 0) is 19.6 Å². The summed E-state index contributed by atoms with van der Waals surface area (Å²) >= 11 is 11.0. The van der Waals surface area contributed by atoms with E-state index in [-0.39, 0.29) is 0 Å². The highest BCUT2D eigenvalue weighted by Gasteiger charge is 2.10. The standard InChI is InChI=1S/C15H18ClN3OS/c1-3-11-8-12(19(4-2)18-11)9-20-14-7-10(16)5-6-13(14)15(17)21/h5-8H,3-4,9H2,1-2H3,(H2,17,21). The van der Waals surface area contributed by atoms with E-state index in [1.54, 1.807) is 18.2 Å². The summed E-state index contributed by atoms with van der Waals surface area (Å²) < 4.78 is 7.79. The van der Waals surface area contributed by atoms with Crippen LogP contribution >= 0.6 is 23.8 Å². The molecular formula is C15H18ClN3OS. The second-order valence-corrected chi connectivity index (χ2v) is 5.47. The van der Waals surface area contributed by atoms with Gasteiger partial charge in [-0.15, -0.1) is 0 Å². The monoisotopic (exact) mass is 323 g/mol. The van der Waals surface area contributed by atoms with Gasteiger partial charge in [0.2, 0.25) is 0 Å². The zero-order valence-corrected chi connectivity index (χ0v) is 13.7. The topological polar surface area (TPSA) is 53.1 Å². The smallest absolute Gasteiger partial charge is 0.131 e. The average molecular weight is 324 g/mol. The molecule has 0 aliphatic heterocycles. The lowest BCUT2D eigenvalue weighted by Gasteiger charge is -2.11. The van der Waals surface area contributed by atoms with Crippen molar-refractivity contribution < 1.29 is 4.74 Å². The van der Waals surface area contributed by atoms with Crippen LogP contribution in [0.15, 0.2) is 24.3 Å². The lowest BCUT2D eigenvalue weighted by atomic mass is 10.2. The summed E-state index contributed by atoms with van der Waals surface area (Å²) in [4.78, 5) is 0.292. The third kappa shape index (κ3) is 3.74. The number of hydrogen-bond donors (Lipinski definition) is 1. The van der Waals surface area contributed by atoms with Crippen LogP contribution in [0.4, 0.5) is 0 Å². The van der Waals surface area contributed by atoms with E-state index in [1.165, 1.54) is 0 Å². The summed E-state index contributed by atoms with van der Waals surface area (Å²) in [6.07, 6.45) is 0.898. The average Bonchev–Trinajstić information content (AvgIpc) is 2.87. The minimum atomic E-state index is 0.292. The van der Waals surface area contributed by atoms with E-state index < -0.39 is 0 Å². The number of thiocarbonyl (C=S) groups is 1. The molecule has 0 amide bonds. The van der Waals surface area contributed by atoms with E-state index in [1.807, 2.05) is 4.68 Å². The first-order chi connectivity index (χ1) is 10.0. The Morgan fingerprint density at radius 3 is 2.76 bits per heavy atom. The molecular weight excluding hydrogens is 306 g/mol. The Morgan fingerprint density at radius 1 is 1.38 bits per heavy atom. The summed E-state index contributed by atoms with van der Waals surface area (Å²) in [7, 11) is 0. The summed E-state index contributed by atoms with van der Waals surface area (Å²) in [6.45, 7) is 5.33. The fourth-order valence-electron chi connectivity index (χ4n) is 2.05. The molecule has 0 radical (unpaired) electrons. The first kappa shape index (κ1) is 15.8. The molecule has 4 nitrogen and oxygen atoms in total. The number of rotatable bonds is 6. The molecule has 0 spiro atoms. The van der Waals surface area contributed by atoms with Crippen LogP contribution in [0.3, 0.4) is 0 Å². The molecule has 2 N–H and O–H groups in total. The summed E-state index contributed by atoms with van der Waals surface area (Å²) in [5.74, 6) is 0.594. The second kappa shape index (κ2) is 6.91. The van der Waals surface area contributed by atoms with Crippen LogP contribution in [0.1, 0.15) is 30.8 Å². The largest absolute Gasteiger partial charge is 0.487 e. The molecule has 0 unspecified atom stereocenters. The molecule has 0 aliphatic rings. The van der Waals surface area contributed by atoms with Gasteiger partial charge in [-0.1, -0.05) is 30.7 Å². The van der Waals surface area contributed by atoms with Gasteiger partial charge in [0.25, 0.3) is 0 Å². The van der Waals surface area contributed by atoms with E-state index in [2.05, 4.69) is 25.0 Å². The van der Waals surface area contributed by atoms with Crippen molar-refractivity contribution in [3.8, 4) is 5.75 Å². The molecule has 1 aromatic carbocycles. The number of nitrogens with two attached hydrogens (primary N) is 1. The normalized spacial score (nSPS) is 10.6. The number of benzene rings is 1. The Hall–Kier alpha value is -1.59. The van der Waals surface area contributed by atoms with E-state index in [0.29, 0.717) is 27.9 Å². The maximum absolute atomic E-state index is 6.01. The Bertz CT molecular complexity index is 654. The van der Waals surface area contributed by atoms with Gasteiger partial charge in [0.1, 0.15) is 17.3 Å². The van der Waals surface area contributed by atoms with Gasteiger partial charge in [0, 0.05) is 11.6 Å². The van der Waals surface area contributed by atoms with Crippen LogP contribution < -0.4 is 10.5 Å². The lowest BCUT2D eigenvalue weighted by Crippen LogP contribution is -2.12.